The molecule has 0 aliphatic carbocycles. The fraction of sp³-hybridized carbons (Fsp3) is 0.333. The van der Waals surface area contributed by atoms with E-state index >= 15 is 0 Å². The molecule has 1 unspecified atom stereocenters. The van der Waals surface area contributed by atoms with E-state index in [1.165, 1.54) is 5.56 Å². The molecular formula is C15H17NO2. The van der Waals surface area contributed by atoms with Crippen LogP contribution < -0.4 is 4.74 Å². The van der Waals surface area contributed by atoms with Gasteiger partial charge in [-0.05, 0) is 38.2 Å². The summed E-state index contributed by atoms with van der Waals surface area (Å²) in [6, 6.07) is 6.00. The summed E-state index contributed by atoms with van der Waals surface area (Å²) in [7, 11) is 5.61. The smallest absolute Gasteiger partial charge is 0.175 e. The van der Waals surface area contributed by atoms with Gasteiger partial charge in [-0.1, -0.05) is 12.0 Å². The molecule has 0 saturated carbocycles. The Labute approximate surface area is 107 Å². The van der Waals surface area contributed by atoms with Gasteiger partial charge in [0.05, 0.1) is 19.4 Å². The highest BCUT2D eigenvalue weighted by Gasteiger charge is 2.14. The molecule has 0 saturated heterocycles. The van der Waals surface area contributed by atoms with Gasteiger partial charge in [-0.2, -0.15) is 0 Å². The van der Waals surface area contributed by atoms with E-state index in [9.17, 15) is 0 Å². The molecule has 0 bridgehead atoms. The predicted octanol–water partition coefficient (Wildman–Crippen LogP) is 2.55. The summed E-state index contributed by atoms with van der Waals surface area (Å²) < 4.78 is 10.7. The Morgan fingerprint density at radius 1 is 1.39 bits per heavy atom. The van der Waals surface area contributed by atoms with Crippen LogP contribution >= 0.6 is 0 Å². The summed E-state index contributed by atoms with van der Waals surface area (Å²) in [6.45, 7) is 0. The van der Waals surface area contributed by atoms with E-state index in [1.807, 2.05) is 37.2 Å². The van der Waals surface area contributed by atoms with Gasteiger partial charge in [0.15, 0.2) is 11.3 Å². The van der Waals surface area contributed by atoms with Crippen LogP contribution in [0.1, 0.15) is 5.56 Å². The third-order valence-electron chi connectivity index (χ3n) is 3.12. The van der Waals surface area contributed by atoms with Gasteiger partial charge >= 0.3 is 0 Å². The summed E-state index contributed by atoms with van der Waals surface area (Å²) in [5.41, 5.74) is 1.96. The van der Waals surface area contributed by atoms with Crippen LogP contribution in [0.25, 0.3) is 11.0 Å². The Kier molecular flexibility index (Phi) is 3.59. The summed E-state index contributed by atoms with van der Waals surface area (Å²) in [5.74, 6) is 3.55. The molecule has 3 heteroatoms. The first-order valence-electron chi connectivity index (χ1n) is 5.83. The first-order valence-corrected chi connectivity index (χ1v) is 5.83. The molecule has 18 heavy (non-hydrogen) atoms. The Morgan fingerprint density at radius 2 is 2.17 bits per heavy atom. The van der Waals surface area contributed by atoms with Crippen molar-refractivity contribution in [1.29, 1.82) is 0 Å². The van der Waals surface area contributed by atoms with Crippen LogP contribution in [0.4, 0.5) is 0 Å². The standard InChI is InChI=1S/C15H17NO2/c1-5-12(16(2)3)10-11-6-7-14(17-4)15-13(11)8-9-18-15/h1,6-9,12H,10H2,2-4H3. The molecule has 2 aromatic rings. The number of furan rings is 1. The molecule has 94 valence electrons. The van der Waals surface area contributed by atoms with Gasteiger partial charge in [0.1, 0.15) is 0 Å². The SMILES string of the molecule is C#CC(Cc1ccc(OC)c2occc12)N(C)C. The van der Waals surface area contributed by atoms with Crippen molar-refractivity contribution < 1.29 is 9.15 Å². The number of ether oxygens (including phenoxy) is 1. The zero-order valence-electron chi connectivity index (χ0n) is 10.9. The van der Waals surface area contributed by atoms with Gasteiger partial charge in [-0.25, -0.2) is 0 Å². The number of methoxy groups -OCH3 is 1. The van der Waals surface area contributed by atoms with Gasteiger partial charge in [0, 0.05) is 5.39 Å². The molecule has 0 aliphatic heterocycles. The summed E-state index contributed by atoms with van der Waals surface area (Å²) in [4.78, 5) is 2.04. The maximum Gasteiger partial charge on any atom is 0.175 e. The summed E-state index contributed by atoms with van der Waals surface area (Å²) in [6.07, 6.45) is 8.03. The Morgan fingerprint density at radius 3 is 2.78 bits per heavy atom. The molecular weight excluding hydrogens is 226 g/mol. The lowest BCUT2D eigenvalue weighted by molar-refractivity contribution is 0.352. The second-order valence-electron chi connectivity index (χ2n) is 4.44. The van der Waals surface area contributed by atoms with Crippen LogP contribution in [0.15, 0.2) is 28.9 Å². The maximum atomic E-state index is 5.56. The largest absolute Gasteiger partial charge is 0.493 e. The number of nitrogens with zero attached hydrogens (tertiary/aromatic N) is 1. The van der Waals surface area contributed by atoms with Crippen molar-refractivity contribution >= 4 is 11.0 Å². The maximum absolute atomic E-state index is 5.56. The van der Waals surface area contributed by atoms with E-state index in [2.05, 4.69) is 5.92 Å². The number of hydrogen-bond acceptors (Lipinski definition) is 3. The monoisotopic (exact) mass is 243 g/mol. The Bertz CT molecular complexity index is 578. The quantitative estimate of drug-likeness (QED) is 0.772. The molecule has 0 N–H and O–H groups in total. The number of rotatable bonds is 4. The van der Waals surface area contributed by atoms with Gasteiger partial charge in [0.25, 0.3) is 0 Å². The van der Waals surface area contributed by atoms with Crippen molar-refractivity contribution in [2.75, 3.05) is 21.2 Å². The van der Waals surface area contributed by atoms with Crippen LogP contribution in [0.5, 0.6) is 5.75 Å². The van der Waals surface area contributed by atoms with Crippen LogP contribution in [0.3, 0.4) is 0 Å². The molecule has 0 amide bonds. The third-order valence-corrected chi connectivity index (χ3v) is 3.12. The lowest BCUT2D eigenvalue weighted by Crippen LogP contribution is -2.28. The average molecular weight is 243 g/mol. The summed E-state index contributed by atoms with van der Waals surface area (Å²) >= 11 is 0. The minimum Gasteiger partial charge on any atom is -0.493 e. The lowest BCUT2D eigenvalue weighted by atomic mass is 10.0. The van der Waals surface area contributed by atoms with Crippen LogP contribution in [-0.4, -0.2) is 32.1 Å². The highest BCUT2D eigenvalue weighted by Crippen LogP contribution is 2.30. The molecule has 1 aromatic carbocycles. The van der Waals surface area contributed by atoms with E-state index in [4.69, 9.17) is 15.6 Å². The van der Waals surface area contributed by atoms with E-state index < -0.39 is 0 Å². The minimum absolute atomic E-state index is 0.0801. The first-order chi connectivity index (χ1) is 8.67. The molecule has 0 radical (unpaired) electrons. The van der Waals surface area contributed by atoms with Crippen molar-refractivity contribution in [1.82, 2.24) is 4.90 Å². The highest BCUT2D eigenvalue weighted by molar-refractivity contribution is 5.86. The van der Waals surface area contributed by atoms with Gasteiger partial charge < -0.3 is 9.15 Å². The van der Waals surface area contributed by atoms with Crippen molar-refractivity contribution in [3.05, 3.63) is 30.0 Å². The topological polar surface area (TPSA) is 25.6 Å². The molecule has 3 nitrogen and oxygen atoms in total. The van der Waals surface area contributed by atoms with Gasteiger partial charge in [0.2, 0.25) is 0 Å². The number of hydrogen-bond donors (Lipinski definition) is 0. The molecule has 0 fully saturated rings. The zero-order valence-corrected chi connectivity index (χ0v) is 10.9. The molecule has 0 spiro atoms. The predicted molar refractivity (Wildman–Crippen MR) is 72.8 cm³/mol. The van der Waals surface area contributed by atoms with E-state index in [-0.39, 0.29) is 6.04 Å². The van der Waals surface area contributed by atoms with Crippen molar-refractivity contribution in [2.24, 2.45) is 0 Å². The minimum atomic E-state index is 0.0801. The Hall–Kier alpha value is -1.92. The number of benzene rings is 1. The van der Waals surface area contributed by atoms with Gasteiger partial charge in [-0.3, -0.25) is 4.90 Å². The van der Waals surface area contributed by atoms with Crippen LogP contribution in [0.2, 0.25) is 0 Å². The van der Waals surface area contributed by atoms with Crippen LogP contribution in [-0.2, 0) is 6.42 Å². The molecule has 1 aromatic heterocycles. The average Bonchev–Trinajstić information content (AvgIpc) is 2.84. The fourth-order valence-electron chi connectivity index (χ4n) is 2.03. The first kappa shape index (κ1) is 12.5. The molecule has 2 rings (SSSR count). The van der Waals surface area contributed by atoms with Crippen LogP contribution in [0, 0.1) is 12.3 Å². The second-order valence-corrected chi connectivity index (χ2v) is 4.44. The van der Waals surface area contributed by atoms with Crippen molar-refractivity contribution in [3.63, 3.8) is 0 Å². The number of likely N-dealkylation sites (N-methyl/N-ethyl adjacent to an activating group) is 1. The second kappa shape index (κ2) is 5.16. The third kappa shape index (κ3) is 2.20. The summed E-state index contributed by atoms with van der Waals surface area (Å²) in [5, 5.41) is 1.07. The fourth-order valence-corrected chi connectivity index (χ4v) is 2.03. The van der Waals surface area contributed by atoms with E-state index in [1.54, 1.807) is 13.4 Å². The number of terminal acetylenes is 1. The van der Waals surface area contributed by atoms with Crippen molar-refractivity contribution in [2.45, 2.75) is 12.5 Å². The molecule has 0 aliphatic rings. The van der Waals surface area contributed by atoms with Gasteiger partial charge in [-0.15, -0.1) is 6.42 Å². The van der Waals surface area contributed by atoms with E-state index in [0.717, 1.165) is 23.1 Å². The highest BCUT2D eigenvalue weighted by atomic mass is 16.5. The zero-order chi connectivity index (χ0) is 13.1. The van der Waals surface area contributed by atoms with E-state index in [0.29, 0.717) is 0 Å². The molecule has 1 heterocycles. The normalized spacial score (nSPS) is 12.6. The number of fused-ring (bicyclic) bond motifs is 1. The molecule has 1 atom stereocenters. The Balaban J connectivity index is 2.41. The lowest BCUT2D eigenvalue weighted by Gasteiger charge is -2.19. The van der Waals surface area contributed by atoms with Crippen molar-refractivity contribution in [3.8, 4) is 18.1 Å².